The summed E-state index contributed by atoms with van der Waals surface area (Å²) in [7, 11) is 0. The first-order valence-electron chi connectivity index (χ1n) is 8.34. The second kappa shape index (κ2) is 8.11. The molecule has 2 heteroatoms. The van der Waals surface area contributed by atoms with E-state index >= 15 is 0 Å². The van der Waals surface area contributed by atoms with Gasteiger partial charge in [-0.05, 0) is 55.0 Å². The van der Waals surface area contributed by atoms with E-state index in [0.717, 1.165) is 25.7 Å². The molecule has 0 aliphatic carbocycles. The molecule has 1 aliphatic heterocycles. The van der Waals surface area contributed by atoms with Gasteiger partial charge in [-0.15, -0.1) is 0 Å². The van der Waals surface area contributed by atoms with Crippen molar-refractivity contribution >= 4 is 0 Å². The molecule has 1 aliphatic rings. The molecule has 0 unspecified atom stereocenters. The molecule has 1 heterocycles. The third-order valence-corrected chi connectivity index (χ3v) is 4.40. The van der Waals surface area contributed by atoms with Crippen LogP contribution in [0.2, 0.25) is 0 Å². The molecule has 1 fully saturated rings. The van der Waals surface area contributed by atoms with E-state index in [1.165, 1.54) is 42.5 Å². The molecule has 0 spiro atoms. The van der Waals surface area contributed by atoms with Gasteiger partial charge >= 0.3 is 0 Å². The fourth-order valence-electron chi connectivity index (χ4n) is 3.03. The quantitative estimate of drug-likeness (QED) is 0.804. The molecule has 0 amide bonds. The molecule has 1 N–H and O–H groups in total. The topological polar surface area (TPSA) is 21.3 Å². The summed E-state index contributed by atoms with van der Waals surface area (Å²) in [5, 5.41) is 3.46. The molecule has 0 bridgehead atoms. The van der Waals surface area contributed by atoms with Crippen molar-refractivity contribution in [3.8, 4) is 11.1 Å². The van der Waals surface area contributed by atoms with E-state index < -0.39 is 0 Å². The van der Waals surface area contributed by atoms with Crippen LogP contribution in [0.1, 0.15) is 24.8 Å². The highest BCUT2D eigenvalue weighted by Crippen LogP contribution is 2.19. The maximum Gasteiger partial charge on any atom is 0.0716 e. The van der Waals surface area contributed by atoms with E-state index in [9.17, 15) is 0 Å². The van der Waals surface area contributed by atoms with Crippen LogP contribution < -0.4 is 5.32 Å². The lowest BCUT2D eigenvalue weighted by atomic mass is 9.97. The van der Waals surface area contributed by atoms with Crippen molar-refractivity contribution in [1.82, 2.24) is 5.32 Å². The lowest BCUT2D eigenvalue weighted by molar-refractivity contribution is 0.103. The van der Waals surface area contributed by atoms with Crippen LogP contribution in [0.3, 0.4) is 0 Å². The summed E-state index contributed by atoms with van der Waals surface area (Å²) in [6.45, 7) is 3.93. The first-order chi connectivity index (χ1) is 10.9. The van der Waals surface area contributed by atoms with Gasteiger partial charge in [-0.1, -0.05) is 54.6 Å². The van der Waals surface area contributed by atoms with E-state index in [4.69, 9.17) is 4.74 Å². The second-order valence-corrected chi connectivity index (χ2v) is 6.12. The van der Waals surface area contributed by atoms with Crippen molar-refractivity contribution in [3.63, 3.8) is 0 Å². The van der Waals surface area contributed by atoms with Crippen molar-refractivity contribution in [2.45, 2.75) is 25.9 Å². The first kappa shape index (κ1) is 15.3. The van der Waals surface area contributed by atoms with E-state index in [0.29, 0.717) is 0 Å². The summed E-state index contributed by atoms with van der Waals surface area (Å²) in [6, 6.07) is 19.2. The Morgan fingerprint density at radius 2 is 1.73 bits per heavy atom. The van der Waals surface area contributed by atoms with Gasteiger partial charge in [-0.3, -0.25) is 0 Å². The maximum absolute atomic E-state index is 5.84. The lowest BCUT2D eigenvalue weighted by Gasteiger charge is -2.22. The SMILES string of the molecule is c1ccc(-c2ccc(COCC[C@@H]3CCCNC3)cc2)cc1. The van der Waals surface area contributed by atoms with Crippen LogP contribution in [-0.4, -0.2) is 19.7 Å². The Labute approximate surface area is 133 Å². The number of hydrogen-bond donors (Lipinski definition) is 1. The largest absolute Gasteiger partial charge is 0.377 e. The highest BCUT2D eigenvalue weighted by molar-refractivity contribution is 5.63. The Morgan fingerprint density at radius 1 is 0.955 bits per heavy atom. The first-order valence-corrected chi connectivity index (χ1v) is 8.34. The predicted octanol–water partition coefficient (Wildman–Crippen LogP) is 4.26. The van der Waals surface area contributed by atoms with Crippen LogP contribution in [0.5, 0.6) is 0 Å². The number of benzene rings is 2. The van der Waals surface area contributed by atoms with Gasteiger partial charge < -0.3 is 10.1 Å². The molecule has 116 valence electrons. The van der Waals surface area contributed by atoms with Gasteiger partial charge in [0.2, 0.25) is 0 Å². The minimum absolute atomic E-state index is 0.717. The zero-order valence-corrected chi connectivity index (χ0v) is 13.1. The summed E-state index contributed by atoms with van der Waals surface area (Å²) in [6.07, 6.45) is 3.84. The van der Waals surface area contributed by atoms with Gasteiger partial charge in [0, 0.05) is 6.61 Å². The van der Waals surface area contributed by atoms with E-state index in [1.54, 1.807) is 0 Å². The predicted molar refractivity (Wildman–Crippen MR) is 91.7 cm³/mol. The smallest absolute Gasteiger partial charge is 0.0716 e. The van der Waals surface area contributed by atoms with Gasteiger partial charge in [-0.25, -0.2) is 0 Å². The van der Waals surface area contributed by atoms with Crippen LogP contribution in [-0.2, 0) is 11.3 Å². The fraction of sp³-hybridized carbons (Fsp3) is 0.400. The molecule has 1 saturated heterocycles. The molecule has 2 aromatic rings. The zero-order chi connectivity index (χ0) is 15.0. The minimum Gasteiger partial charge on any atom is -0.377 e. The van der Waals surface area contributed by atoms with E-state index in [2.05, 4.69) is 53.8 Å². The summed E-state index contributed by atoms with van der Waals surface area (Å²) < 4.78 is 5.84. The average molecular weight is 295 g/mol. The lowest BCUT2D eigenvalue weighted by Crippen LogP contribution is -2.30. The van der Waals surface area contributed by atoms with Crippen LogP contribution >= 0.6 is 0 Å². The van der Waals surface area contributed by atoms with E-state index in [-0.39, 0.29) is 0 Å². The standard InChI is InChI=1S/C20H25NO/c1-2-6-19(7-3-1)20-10-8-18(9-11-20)16-22-14-12-17-5-4-13-21-15-17/h1-3,6-11,17,21H,4-5,12-16H2/t17-/m0/s1. The van der Waals surface area contributed by atoms with Crippen molar-refractivity contribution < 1.29 is 4.74 Å². The van der Waals surface area contributed by atoms with Crippen LogP contribution in [0.25, 0.3) is 11.1 Å². The summed E-state index contributed by atoms with van der Waals surface area (Å²) in [4.78, 5) is 0. The molecular weight excluding hydrogens is 270 g/mol. The van der Waals surface area contributed by atoms with Crippen molar-refractivity contribution in [3.05, 3.63) is 60.2 Å². The van der Waals surface area contributed by atoms with Gasteiger partial charge in [0.25, 0.3) is 0 Å². The summed E-state index contributed by atoms with van der Waals surface area (Å²) >= 11 is 0. The number of nitrogens with one attached hydrogen (secondary N) is 1. The number of ether oxygens (including phenoxy) is 1. The zero-order valence-electron chi connectivity index (χ0n) is 13.1. The molecule has 2 nitrogen and oxygen atoms in total. The van der Waals surface area contributed by atoms with Crippen LogP contribution in [0, 0.1) is 5.92 Å². The molecule has 1 atom stereocenters. The minimum atomic E-state index is 0.717. The third-order valence-electron chi connectivity index (χ3n) is 4.40. The molecule has 0 radical (unpaired) electrons. The molecule has 22 heavy (non-hydrogen) atoms. The van der Waals surface area contributed by atoms with Crippen LogP contribution in [0.4, 0.5) is 0 Å². The Morgan fingerprint density at radius 3 is 2.45 bits per heavy atom. The summed E-state index contributed by atoms with van der Waals surface area (Å²) in [5.41, 5.74) is 3.78. The Bertz CT molecular complexity index is 544. The van der Waals surface area contributed by atoms with Crippen molar-refractivity contribution in [2.24, 2.45) is 5.92 Å². The molecule has 0 saturated carbocycles. The molecule has 3 rings (SSSR count). The van der Waals surface area contributed by atoms with Gasteiger partial charge in [0.1, 0.15) is 0 Å². The monoisotopic (exact) mass is 295 g/mol. The fourth-order valence-corrected chi connectivity index (χ4v) is 3.03. The molecular formula is C20H25NO. The number of rotatable bonds is 6. The second-order valence-electron chi connectivity index (χ2n) is 6.12. The Balaban J connectivity index is 1.43. The number of piperidine rings is 1. The molecule has 2 aromatic carbocycles. The number of hydrogen-bond acceptors (Lipinski definition) is 2. The third kappa shape index (κ3) is 4.43. The van der Waals surface area contributed by atoms with Gasteiger partial charge in [0.05, 0.1) is 6.61 Å². The highest BCUT2D eigenvalue weighted by atomic mass is 16.5. The average Bonchev–Trinajstić information content (AvgIpc) is 2.61. The normalized spacial score (nSPS) is 18.3. The van der Waals surface area contributed by atoms with Gasteiger partial charge in [0.15, 0.2) is 0 Å². The van der Waals surface area contributed by atoms with E-state index in [1.807, 2.05) is 6.07 Å². The molecule has 0 aromatic heterocycles. The van der Waals surface area contributed by atoms with Crippen molar-refractivity contribution in [1.29, 1.82) is 0 Å². The van der Waals surface area contributed by atoms with Crippen molar-refractivity contribution in [2.75, 3.05) is 19.7 Å². The maximum atomic E-state index is 5.84. The van der Waals surface area contributed by atoms with Gasteiger partial charge in [-0.2, -0.15) is 0 Å². The Hall–Kier alpha value is -1.64. The van der Waals surface area contributed by atoms with Crippen LogP contribution in [0.15, 0.2) is 54.6 Å². The Kier molecular flexibility index (Phi) is 5.63. The highest BCUT2D eigenvalue weighted by Gasteiger charge is 2.12. The summed E-state index contributed by atoms with van der Waals surface area (Å²) in [5.74, 6) is 0.800.